The largest absolute Gasteiger partial charge is 0.481 e. The average Bonchev–Trinajstić information content (AvgIpc) is 2.17. The van der Waals surface area contributed by atoms with E-state index in [4.69, 9.17) is 5.11 Å². The number of carboxylic acid groups (broad SMARTS) is 1. The maximum atomic E-state index is 12.9. The number of halogens is 1. The Morgan fingerprint density at radius 3 is 3.00 bits per heavy atom. The summed E-state index contributed by atoms with van der Waals surface area (Å²) in [5.41, 5.74) is 2.14. The molecule has 2 rings (SSSR count). The van der Waals surface area contributed by atoms with E-state index in [1.54, 1.807) is 12.1 Å². The molecule has 1 atom stereocenters. The smallest absolute Gasteiger partial charge is 0.303 e. The van der Waals surface area contributed by atoms with Crippen LogP contribution in [0.5, 0.6) is 0 Å². The summed E-state index contributed by atoms with van der Waals surface area (Å²) in [6.45, 7) is 0. The molecule has 1 aromatic rings. The summed E-state index contributed by atoms with van der Waals surface area (Å²) in [6.07, 6.45) is 2.63. The Kier molecular flexibility index (Phi) is 2.71. The number of rotatable bonds is 2. The Morgan fingerprint density at radius 1 is 1.47 bits per heavy atom. The quantitative estimate of drug-likeness (QED) is 0.810. The number of hydrogen-bond acceptors (Lipinski definition) is 1. The van der Waals surface area contributed by atoms with E-state index in [0.29, 0.717) is 0 Å². The van der Waals surface area contributed by atoms with Crippen LogP contribution in [0.4, 0.5) is 4.39 Å². The summed E-state index contributed by atoms with van der Waals surface area (Å²) in [6, 6.07) is 4.78. The van der Waals surface area contributed by atoms with Crippen LogP contribution in [-0.4, -0.2) is 11.1 Å². The van der Waals surface area contributed by atoms with E-state index in [0.717, 1.165) is 30.4 Å². The zero-order valence-corrected chi connectivity index (χ0v) is 8.37. The van der Waals surface area contributed by atoms with Crippen LogP contribution in [0.1, 0.15) is 24.0 Å². The predicted octanol–water partition coefficient (Wildman–Crippen LogP) is 2.41. The van der Waals surface area contributed by atoms with Gasteiger partial charge in [-0.05, 0) is 48.4 Å². The van der Waals surface area contributed by atoms with Gasteiger partial charge in [0.2, 0.25) is 0 Å². The second kappa shape index (κ2) is 4.01. The van der Waals surface area contributed by atoms with Gasteiger partial charge in [0.05, 0.1) is 0 Å². The monoisotopic (exact) mass is 208 g/mol. The highest BCUT2D eigenvalue weighted by Crippen LogP contribution is 2.27. The van der Waals surface area contributed by atoms with Gasteiger partial charge in [0.25, 0.3) is 0 Å². The molecule has 0 amide bonds. The predicted molar refractivity (Wildman–Crippen MR) is 54.2 cm³/mol. The maximum Gasteiger partial charge on any atom is 0.303 e. The van der Waals surface area contributed by atoms with Gasteiger partial charge >= 0.3 is 5.97 Å². The maximum absolute atomic E-state index is 12.9. The minimum Gasteiger partial charge on any atom is -0.481 e. The fourth-order valence-electron chi connectivity index (χ4n) is 2.22. The first-order chi connectivity index (χ1) is 7.15. The van der Waals surface area contributed by atoms with Crippen LogP contribution >= 0.6 is 0 Å². The topological polar surface area (TPSA) is 37.3 Å². The molecule has 0 radical (unpaired) electrons. The van der Waals surface area contributed by atoms with Crippen LogP contribution in [0.25, 0.3) is 0 Å². The molecule has 15 heavy (non-hydrogen) atoms. The normalized spacial score (nSPS) is 19.7. The summed E-state index contributed by atoms with van der Waals surface area (Å²) >= 11 is 0. The van der Waals surface area contributed by atoms with Crippen molar-refractivity contribution in [2.45, 2.75) is 25.7 Å². The van der Waals surface area contributed by atoms with E-state index in [1.165, 1.54) is 6.07 Å². The second-order valence-corrected chi connectivity index (χ2v) is 4.12. The summed E-state index contributed by atoms with van der Waals surface area (Å²) in [7, 11) is 0. The minimum absolute atomic E-state index is 0.203. The lowest BCUT2D eigenvalue weighted by atomic mass is 9.82. The van der Waals surface area contributed by atoms with Crippen molar-refractivity contribution < 1.29 is 14.3 Å². The van der Waals surface area contributed by atoms with Crippen molar-refractivity contribution in [2.75, 3.05) is 0 Å². The van der Waals surface area contributed by atoms with Crippen molar-refractivity contribution in [2.24, 2.45) is 5.92 Å². The molecule has 0 bridgehead atoms. The second-order valence-electron chi connectivity index (χ2n) is 4.12. The summed E-state index contributed by atoms with van der Waals surface area (Å²) in [5, 5.41) is 8.70. The van der Waals surface area contributed by atoms with Gasteiger partial charge < -0.3 is 5.11 Å². The Hall–Kier alpha value is -1.38. The Morgan fingerprint density at radius 2 is 2.27 bits per heavy atom. The number of carbonyl (C=O) groups is 1. The van der Waals surface area contributed by atoms with Gasteiger partial charge in [-0.15, -0.1) is 0 Å². The van der Waals surface area contributed by atoms with Crippen molar-refractivity contribution >= 4 is 5.97 Å². The van der Waals surface area contributed by atoms with Gasteiger partial charge in [-0.3, -0.25) is 4.79 Å². The first-order valence-electron chi connectivity index (χ1n) is 5.14. The number of hydrogen-bond donors (Lipinski definition) is 1. The molecule has 2 nitrogen and oxygen atoms in total. The SMILES string of the molecule is O=C(O)C[C@@H]1CCc2cc(F)ccc2C1. The Labute approximate surface area is 87.7 Å². The fourth-order valence-corrected chi connectivity index (χ4v) is 2.22. The van der Waals surface area contributed by atoms with Crippen LogP contribution in [-0.2, 0) is 17.6 Å². The van der Waals surface area contributed by atoms with Gasteiger partial charge in [-0.1, -0.05) is 6.07 Å². The van der Waals surface area contributed by atoms with E-state index in [1.807, 2.05) is 0 Å². The van der Waals surface area contributed by atoms with Crippen LogP contribution < -0.4 is 0 Å². The lowest BCUT2D eigenvalue weighted by Crippen LogP contribution is -2.17. The molecular weight excluding hydrogens is 195 g/mol. The molecule has 0 spiro atoms. The molecule has 0 saturated heterocycles. The van der Waals surface area contributed by atoms with Gasteiger partial charge in [0, 0.05) is 6.42 Å². The number of fused-ring (bicyclic) bond motifs is 1. The fraction of sp³-hybridized carbons (Fsp3) is 0.417. The van der Waals surface area contributed by atoms with Gasteiger partial charge in [-0.25, -0.2) is 4.39 Å². The molecule has 1 aromatic carbocycles. The van der Waals surface area contributed by atoms with Crippen molar-refractivity contribution in [3.8, 4) is 0 Å². The first kappa shape index (κ1) is 10.1. The third-order valence-electron chi connectivity index (χ3n) is 2.96. The standard InChI is InChI=1S/C12H13FO2/c13-11-4-3-9-5-8(6-12(14)15)1-2-10(9)7-11/h3-4,7-8H,1-2,5-6H2,(H,14,15)/t8-/m1/s1. The lowest BCUT2D eigenvalue weighted by Gasteiger charge is -2.23. The van der Waals surface area contributed by atoms with Crippen LogP contribution in [0.3, 0.4) is 0 Å². The highest BCUT2D eigenvalue weighted by Gasteiger charge is 2.20. The average molecular weight is 208 g/mol. The van der Waals surface area contributed by atoms with Crippen molar-refractivity contribution in [3.05, 3.63) is 35.1 Å². The van der Waals surface area contributed by atoms with Crippen molar-refractivity contribution in [1.29, 1.82) is 0 Å². The van der Waals surface area contributed by atoms with Crippen molar-refractivity contribution in [3.63, 3.8) is 0 Å². The van der Waals surface area contributed by atoms with Gasteiger partial charge in [0.1, 0.15) is 5.82 Å². The van der Waals surface area contributed by atoms with Crippen LogP contribution in [0, 0.1) is 11.7 Å². The van der Waals surface area contributed by atoms with Gasteiger partial charge in [0.15, 0.2) is 0 Å². The van der Waals surface area contributed by atoms with Gasteiger partial charge in [-0.2, -0.15) is 0 Å². The highest BCUT2D eigenvalue weighted by atomic mass is 19.1. The summed E-state index contributed by atoms with van der Waals surface area (Å²) in [4.78, 5) is 10.6. The van der Waals surface area contributed by atoms with E-state index >= 15 is 0 Å². The van der Waals surface area contributed by atoms with E-state index in [2.05, 4.69) is 0 Å². The number of benzene rings is 1. The summed E-state index contributed by atoms with van der Waals surface area (Å²) < 4.78 is 12.9. The number of aryl methyl sites for hydroxylation is 1. The molecule has 80 valence electrons. The number of aliphatic carboxylic acids is 1. The lowest BCUT2D eigenvalue weighted by molar-refractivity contribution is -0.138. The third-order valence-corrected chi connectivity index (χ3v) is 2.96. The minimum atomic E-state index is -0.745. The van der Waals surface area contributed by atoms with Crippen LogP contribution in [0.2, 0.25) is 0 Å². The molecule has 0 saturated carbocycles. The van der Waals surface area contributed by atoms with Crippen molar-refractivity contribution in [1.82, 2.24) is 0 Å². The zero-order chi connectivity index (χ0) is 10.8. The molecule has 0 heterocycles. The molecule has 1 aliphatic rings. The van der Waals surface area contributed by atoms with Crippen LogP contribution in [0.15, 0.2) is 18.2 Å². The molecule has 3 heteroatoms. The molecular formula is C12H13FO2. The Balaban J connectivity index is 2.13. The first-order valence-corrected chi connectivity index (χ1v) is 5.14. The molecule has 0 aromatic heterocycles. The zero-order valence-electron chi connectivity index (χ0n) is 8.37. The molecule has 0 unspecified atom stereocenters. The molecule has 1 aliphatic carbocycles. The van der Waals surface area contributed by atoms with E-state index in [9.17, 15) is 9.18 Å². The third kappa shape index (κ3) is 2.35. The molecule has 1 N–H and O–H groups in total. The number of carboxylic acids is 1. The summed E-state index contributed by atoms with van der Waals surface area (Å²) in [5.74, 6) is -0.739. The molecule has 0 aliphatic heterocycles. The Bertz CT molecular complexity index is 387. The molecule has 0 fully saturated rings. The highest BCUT2D eigenvalue weighted by molar-refractivity contribution is 5.67. The van der Waals surface area contributed by atoms with E-state index in [-0.39, 0.29) is 18.2 Å². The van der Waals surface area contributed by atoms with E-state index < -0.39 is 5.97 Å².